The van der Waals surface area contributed by atoms with Crippen LogP contribution >= 0.6 is 0 Å². The number of amides is 4. The number of carboxylic acid groups (broad SMARTS) is 1. The summed E-state index contributed by atoms with van der Waals surface area (Å²) in [4.78, 5) is 73.0. The van der Waals surface area contributed by atoms with Gasteiger partial charge in [-0.2, -0.15) is 0 Å². The van der Waals surface area contributed by atoms with Crippen LogP contribution in [-0.4, -0.2) is 103 Å². The molecular formula is C47H56N8O8. The Kier molecular flexibility index (Phi) is 11.5. The topological polar surface area (TPSA) is 204 Å². The number of methoxy groups -OCH3 is 1. The van der Waals surface area contributed by atoms with E-state index in [9.17, 15) is 24.3 Å². The van der Waals surface area contributed by atoms with Gasteiger partial charge in [-0.1, -0.05) is 38.5 Å². The first-order valence-corrected chi connectivity index (χ1v) is 22.3. The lowest BCUT2D eigenvalue weighted by Gasteiger charge is -2.36. The van der Waals surface area contributed by atoms with Gasteiger partial charge in [0.05, 0.1) is 42.1 Å². The van der Waals surface area contributed by atoms with Crippen molar-refractivity contribution in [3.05, 3.63) is 65.9 Å². The Bertz CT molecular complexity index is 2560. The van der Waals surface area contributed by atoms with E-state index in [0.29, 0.717) is 50.7 Å². The number of nitrogens with zero attached hydrogens (tertiary/aromatic N) is 4. The van der Waals surface area contributed by atoms with Crippen molar-refractivity contribution in [3.8, 4) is 28.1 Å². The number of fused-ring (bicyclic) bond motifs is 6. The molecule has 3 saturated heterocycles. The summed E-state index contributed by atoms with van der Waals surface area (Å²) in [6.07, 6.45) is 5.03. The van der Waals surface area contributed by atoms with Gasteiger partial charge in [0, 0.05) is 36.2 Å². The standard InChI is InChI=1S/C47H56N8O8/c1-6-24(2)39(52-46(58)59)44(56)54-25(3)7-13-36(54)42-48-22-35(50-42)29-9-11-31-30(19-29)23-63-38-21-32-28(20-33(31)38)10-12-34-41(32)51-43(49-34)37-14-8-26(4)55(37)45(57)40(53-47(60)61-5)27-15-17-62-18-16-27/h9-12,19-22,24-27,36-37,39-40,52H,6-8,13-18,23H2,1-5H3,(H,48,50)(H,49,51)(H,53,60)(H,58,59)/t24-,25-,26-,36-,37-,39-,40-/m0/s1. The van der Waals surface area contributed by atoms with E-state index in [-0.39, 0.29) is 47.8 Å². The summed E-state index contributed by atoms with van der Waals surface area (Å²) in [6, 6.07) is 12.4. The first-order chi connectivity index (χ1) is 30.4. The number of aromatic amines is 2. The molecule has 5 N–H and O–H groups in total. The Hall–Kier alpha value is -6.16. The van der Waals surface area contributed by atoms with Crippen molar-refractivity contribution < 1.29 is 38.5 Å². The Balaban J connectivity index is 0.967. The van der Waals surface area contributed by atoms with Gasteiger partial charge in [-0.15, -0.1) is 0 Å². The van der Waals surface area contributed by atoms with E-state index >= 15 is 0 Å². The number of H-pyrrole nitrogens is 2. The highest BCUT2D eigenvalue weighted by Crippen LogP contribution is 2.44. The molecule has 4 aliphatic rings. The molecule has 0 aliphatic carbocycles. The van der Waals surface area contributed by atoms with Gasteiger partial charge in [-0.25, -0.2) is 19.6 Å². The minimum Gasteiger partial charge on any atom is -0.488 e. The second kappa shape index (κ2) is 17.2. The summed E-state index contributed by atoms with van der Waals surface area (Å²) in [5.74, 6) is 1.57. The molecule has 332 valence electrons. The number of likely N-dealkylation sites (tertiary alicyclic amines) is 2. The van der Waals surface area contributed by atoms with Crippen LogP contribution in [0.25, 0.3) is 44.2 Å². The second-order valence-corrected chi connectivity index (χ2v) is 17.7. The Morgan fingerprint density at radius 3 is 2.33 bits per heavy atom. The number of benzene rings is 3. The highest BCUT2D eigenvalue weighted by atomic mass is 16.5. The van der Waals surface area contributed by atoms with Crippen molar-refractivity contribution in [2.75, 3.05) is 20.3 Å². The molecule has 3 fully saturated rings. The maximum Gasteiger partial charge on any atom is 0.407 e. The molecule has 16 heteroatoms. The highest BCUT2D eigenvalue weighted by molar-refractivity contribution is 6.07. The van der Waals surface area contributed by atoms with Crippen molar-refractivity contribution in [2.45, 2.75) is 115 Å². The molecule has 0 radical (unpaired) electrons. The Morgan fingerprint density at radius 2 is 1.62 bits per heavy atom. The monoisotopic (exact) mass is 860 g/mol. The number of carbonyl (C=O) groups is 4. The van der Waals surface area contributed by atoms with E-state index in [1.807, 2.05) is 38.7 Å². The summed E-state index contributed by atoms with van der Waals surface area (Å²) in [5.41, 5.74) is 6.51. The Labute approximate surface area is 365 Å². The van der Waals surface area contributed by atoms with Crippen LogP contribution in [0.2, 0.25) is 0 Å². The summed E-state index contributed by atoms with van der Waals surface area (Å²) < 4.78 is 16.9. The SMILES string of the molecule is CC[C@H](C)[C@H](NC(=O)O)C(=O)N1[C@@H](C)CC[C@H]1c1ncc(-c2ccc3c(c2)COc2cc4c(ccc5[nH]c([C@@H]6CC[C@H](C)N6C(=O)[C@@H](NC(=O)OC)C6CCOCC6)nc54)cc2-3)[nH]1. The van der Waals surface area contributed by atoms with Gasteiger partial charge >= 0.3 is 12.2 Å². The summed E-state index contributed by atoms with van der Waals surface area (Å²) in [5, 5.41) is 16.8. The van der Waals surface area contributed by atoms with Crippen LogP contribution in [-0.2, 0) is 25.7 Å². The van der Waals surface area contributed by atoms with E-state index in [2.05, 4.69) is 57.0 Å². The van der Waals surface area contributed by atoms with Crippen LogP contribution in [0.3, 0.4) is 0 Å². The zero-order valence-electron chi connectivity index (χ0n) is 36.4. The highest BCUT2D eigenvalue weighted by Gasteiger charge is 2.44. The molecule has 0 unspecified atom stereocenters. The van der Waals surface area contributed by atoms with Gasteiger partial charge in [-0.05, 0) is 111 Å². The van der Waals surface area contributed by atoms with Crippen LogP contribution in [0, 0.1) is 11.8 Å². The number of hydrogen-bond acceptors (Lipinski definition) is 9. The zero-order valence-corrected chi connectivity index (χ0v) is 36.4. The molecule has 4 aliphatic heterocycles. The minimum absolute atomic E-state index is 0.0419. The average Bonchev–Trinajstić information content (AvgIpc) is 4.12. The van der Waals surface area contributed by atoms with Crippen LogP contribution < -0.4 is 15.4 Å². The number of nitrogens with one attached hydrogen (secondary N) is 4. The molecule has 3 aromatic carbocycles. The van der Waals surface area contributed by atoms with Gasteiger partial charge < -0.3 is 49.7 Å². The van der Waals surface area contributed by atoms with Gasteiger partial charge in [0.25, 0.3) is 0 Å². The predicted octanol–water partition coefficient (Wildman–Crippen LogP) is 7.60. The summed E-state index contributed by atoms with van der Waals surface area (Å²) in [6.45, 7) is 9.35. The van der Waals surface area contributed by atoms with Crippen LogP contribution in [0.15, 0.2) is 48.7 Å². The third kappa shape index (κ3) is 7.82. The number of ether oxygens (including phenoxy) is 3. The van der Waals surface area contributed by atoms with E-state index < -0.39 is 24.3 Å². The lowest BCUT2D eigenvalue weighted by molar-refractivity contribution is -0.139. The smallest absolute Gasteiger partial charge is 0.407 e. The van der Waals surface area contributed by atoms with Gasteiger partial charge in [0.2, 0.25) is 11.8 Å². The van der Waals surface area contributed by atoms with E-state index in [4.69, 9.17) is 24.2 Å². The van der Waals surface area contributed by atoms with Crippen LogP contribution in [0.1, 0.15) is 102 Å². The lowest BCUT2D eigenvalue weighted by atomic mass is 9.90. The second-order valence-electron chi connectivity index (χ2n) is 17.7. The van der Waals surface area contributed by atoms with E-state index in [0.717, 1.165) is 81.2 Å². The first-order valence-electron chi connectivity index (χ1n) is 22.3. The molecule has 7 atom stereocenters. The fourth-order valence-electron chi connectivity index (χ4n) is 10.3. The number of carbonyl (C=O) groups excluding carboxylic acids is 3. The normalized spacial score (nSPS) is 22.6. The van der Waals surface area contributed by atoms with Crippen molar-refractivity contribution in [1.82, 2.24) is 40.4 Å². The summed E-state index contributed by atoms with van der Waals surface area (Å²) in [7, 11) is 1.31. The van der Waals surface area contributed by atoms with Gasteiger partial charge in [-0.3, -0.25) is 9.59 Å². The average molecular weight is 861 g/mol. The third-order valence-electron chi connectivity index (χ3n) is 14.0. The zero-order chi connectivity index (χ0) is 44.1. The first kappa shape index (κ1) is 42.2. The molecule has 0 bridgehead atoms. The molecule has 16 nitrogen and oxygen atoms in total. The maximum absolute atomic E-state index is 14.4. The molecular weight excluding hydrogens is 805 g/mol. The third-order valence-corrected chi connectivity index (χ3v) is 14.0. The van der Waals surface area contributed by atoms with Crippen molar-refractivity contribution in [3.63, 3.8) is 0 Å². The number of imidazole rings is 2. The van der Waals surface area contributed by atoms with E-state index in [1.165, 1.54) is 7.11 Å². The maximum atomic E-state index is 14.4. The molecule has 63 heavy (non-hydrogen) atoms. The van der Waals surface area contributed by atoms with Gasteiger partial charge in [0.15, 0.2) is 0 Å². The van der Waals surface area contributed by atoms with Crippen molar-refractivity contribution in [2.24, 2.45) is 11.8 Å². The molecule has 5 aromatic rings. The molecule has 0 spiro atoms. The fraction of sp³-hybridized carbons (Fsp3) is 0.489. The van der Waals surface area contributed by atoms with Crippen LogP contribution in [0.4, 0.5) is 9.59 Å². The molecule has 2 aromatic heterocycles. The molecule has 6 heterocycles. The van der Waals surface area contributed by atoms with Crippen molar-refractivity contribution >= 4 is 45.8 Å². The van der Waals surface area contributed by atoms with Gasteiger partial charge in [0.1, 0.15) is 36.1 Å². The molecule has 0 saturated carbocycles. The van der Waals surface area contributed by atoms with Crippen LogP contribution in [0.5, 0.6) is 5.75 Å². The number of alkyl carbamates (subject to hydrolysis) is 1. The number of rotatable bonds is 10. The largest absolute Gasteiger partial charge is 0.488 e. The Morgan fingerprint density at radius 1 is 0.889 bits per heavy atom. The quantitative estimate of drug-likeness (QED) is 0.0930. The predicted molar refractivity (Wildman–Crippen MR) is 235 cm³/mol. The fourth-order valence-corrected chi connectivity index (χ4v) is 10.3. The minimum atomic E-state index is -1.21. The van der Waals surface area contributed by atoms with E-state index in [1.54, 1.807) is 11.1 Å². The molecule has 4 amide bonds. The summed E-state index contributed by atoms with van der Waals surface area (Å²) >= 11 is 0. The number of hydrogen-bond donors (Lipinski definition) is 5. The lowest BCUT2D eigenvalue weighted by Crippen LogP contribution is -2.54. The van der Waals surface area contributed by atoms with Crippen molar-refractivity contribution in [1.29, 1.82) is 0 Å². The number of aromatic nitrogens is 4. The molecule has 9 rings (SSSR count).